The molecule has 0 fully saturated rings. The molecule has 0 atom stereocenters. The van der Waals surface area contributed by atoms with Crippen molar-refractivity contribution in [3.63, 3.8) is 0 Å². The van der Waals surface area contributed by atoms with Gasteiger partial charge >= 0.3 is 0 Å². The van der Waals surface area contributed by atoms with Crippen LogP contribution in [0.25, 0.3) is 0 Å². The minimum Gasteiger partial charge on any atom is -0.330 e. The van der Waals surface area contributed by atoms with Crippen molar-refractivity contribution < 1.29 is 0 Å². The average Bonchev–Trinajstić information content (AvgIpc) is 2.63. The Balaban J connectivity index is 2.49. The standard InChI is InChI=1S/C11H21N3/c1-3-10(4-2)8-14-9-11(5-6-12)7-13-14/h7,9-10H,3-6,8,12H2,1-2H3. The highest BCUT2D eigenvalue weighted by molar-refractivity contribution is 5.04. The van der Waals surface area contributed by atoms with Crippen molar-refractivity contribution in [2.45, 2.75) is 39.7 Å². The van der Waals surface area contributed by atoms with Gasteiger partial charge in [-0.25, -0.2) is 0 Å². The maximum Gasteiger partial charge on any atom is 0.0522 e. The van der Waals surface area contributed by atoms with Crippen molar-refractivity contribution in [2.75, 3.05) is 6.54 Å². The van der Waals surface area contributed by atoms with E-state index in [-0.39, 0.29) is 0 Å². The Bertz CT molecular complexity index is 251. The summed E-state index contributed by atoms with van der Waals surface area (Å²) in [4.78, 5) is 0. The van der Waals surface area contributed by atoms with Crippen LogP contribution in [0.5, 0.6) is 0 Å². The summed E-state index contributed by atoms with van der Waals surface area (Å²) in [5.74, 6) is 0.751. The van der Waals surface area contributed by atoms with Crippen LogP contribution in [-0.2, 0) is 13.0 Å². The predicted octanol–water partition coefficient (Wildman–Crippen LogP) is 1.82. The van der Waals surface area contributed by atoms with Gasteiger partial charge < -0.3 is 5.73 Å². The highest BCUT2D eigenvalue weighted by atomic mass is 15.3. The Morgan fingerprint density at radius 1 is 1.43 bits per heavy atom. The molecule has 0 aliphatic carbocycles. The van der Waals surface area contributed by atoms with Crippen molar-refractivity contribution in [1.82, 2.24) is 9.78 Å². The molecule has 0 aliphatic rings. The molecule has 0 radical (unpaired) electrons. The topological polar surface area (TPSA) is 43.8 Å². The molecule has 1 rings (SSSR count). The molecular formula is C11H21N3. The lowest BCUT2D eigenvalue weighted by Crippen LogP contribution is -2.09. The van der Waals surface area contributed by atoms with E-state index in [0.717, 1.165) is 18.9 Å². The molecule has 1 heterocycles. The molecule has 1 aromatic rings. The lowest BCUT2D eigenvalue weighted by atomic mass is 10.0. The van der Waals surface area contributed by atoms with Gasteiger partial charge in [0.25, 0.3) is 0 Å². The predicted molar refractivity (Wildman–Crippen MR) is 59.1 cm³/mol. The Morgan fingerprint density at radius 3 is 2.71 bits per heavy atom. The monoisotopic (exact) mass is 195 g/mol. The fraction of sp³-hybridized carbons (Fsp3) is 0.727. The zero-order valence-corrected chi connectivity index (χ0v) is 9.24. The normalized spacial score (nSPS) is 11.1. The smallest absolute Gasteiger partial charge is 0.0522 e. The third kappa shape index (κ3) is 3.14. The Labute approximate surface area is 86.3 Å². The molecule has 2 N–H and O–H groups in total. The quantitative estimate of drug-likeness (QED) is 0.752. The molecule has 3 nitrogen and oxygen atoms in total. The van der Waals surface area contributed by atoms with Crippen molar-refractivity contribution in [1.29, 1.82) is 0 Å². The number of aromatic nitrogens is 2. The molecule has 0 saturated heterocycles. The third-order valence-electron chi connectivity index (χ3n) is 2.72. The number of nitrogens with two attached hydrogens (primary N) is 1. The Kier molecular flexibility index (Phi) is 4.66. The fourth-order valence-electron chi connectivity index (χ4n) is 1.61. The molecule has 0 bridgehead atoms. The molecule has 1 aromatic heterocycles. The van der Waals surface area contributed by atoms with Crippen LogP contribution in [0, 0.1) is 5.92 Å². The van der Waals surface area contributed by atoms with Gasteiger partial charge in [0.2, 0.25) is 0 Å². The van der Waals surface area contributed by atoms with Gasteiger partial charge in [-0.3, -0.25) is 4.68 Å². The van der Waals surface area contributed by atoms with Gasteiger partial charge in [0.1, 0.15) is 0 Å². The number of nitrogens with zero attached hydrogens (tertiary/aromatic N) is 2. The summed E-state index contributed by atoms with van der Waals surface area (Å²) < 4.78 is 2.04. The van der Waals surface area contributed by atoms with Crippen LogP contribution in [0.3, 0.4) is 0 Å². The summed E-state index contributed by atoms with van der Waals surface area (Å²) in [5, 5.41) is 4.33. The van der Waals surface area contributed by atoms with Gasteiger partial charge in [-0.05, 0) is 24.4 Å². The van der Waals surface area contributed by atoms with Crippen LogP contribution in [0.1, 0.15) is 32.3 Å². The first-order valence-electron chi connectivity index (χ1n) is 5.51. The highest BCUT2D eigenvalue weighted by Crippen LogP contribution is 2.10. The molecule has 0 spiro atoms. The molecule has 14 heavy (non-hydrogen) atoms. The molecule has 0 aromatic carbocycles. The summed E-state index contributed by atoms with van der Waals surface area (Å²) in [6.07, 6.45) is 7.43. The van der Waals surface area contributed by atoms with E-state index >= 15 is 0 Å². The molecule has 0 saturated carbocycles. The summed E-state index contributed by atoms with van der Waals surface area (Å²) in [6, 6.07) is 0. The van der Waals surface area contributed by atoms with Crippen LogP contribution >= 0.6 is 0 Å². The average molecular weight is 195 g/mol. The first-order chi connectivity index (χ1) is 6.80. The zero-order chi connectivity index (χ0) is 10.4. The molecule has 0 unspecified atom stereocenters. The van der Waals surface area contributed by atoms with Gasteiger partial charge in [-0.1, -0.05) is 26.7 Å². The summed E-state index contributed by atoms with van der Waals surface area (Å²) >= 11 is 0. The number of hydrogen-bond acceptors (Lipinski definition) is 2. The van der Waals surface area contributed by atoms with E-state index in [9.17, 15) is 0 Å². The second kappa shape index (κ2) is 5.81. The maximum atomic E-state index is 5.49. The van der Waals surface area contributed by atoms with Crippen molar-refractivity contribution in [3.05, 3.63) is 18.0 Å². The maximum absolute atomic E-state index is 5.49. The van der Waals surface area contributed by atoms with E-state index in [4.69, 9.17) is 5.73 Å². The highest BCUT2D eigenvalue weighted by Gasteiger charge is 2.05. The molecule has 80 valence electrons. The Hall–Kier alpha value is -0.830. The van der Waals surface area contributed by atoms with Gasteiger partial charge in [0.05, 0.1) is 6.20 Å². The minimum atomic E-state index is 0.705. The summed E-state index contributed by atoms with van der Waals surface area (Å²) in [5.41, 5.74) is 6.73. The second-order valence-electron chi connectivity index (χ2n) is 3.79. The summed E-state index contributed by atoms with van der Waals surface area (Å²) in [7, 11) is 0. The number of hydrogen-bond donors (Lipinski definition) is 1. The van der Waals surface area contributed by atoms with Crippen LogP contribution in [0.15, 0.2) is 12.4 Å². The fourth-order valence-corrected chi connectivity index (χ4v) is 1.61. The second-order valence-corrected chi connectivity index (χ2v) is 3.79. The van der Waals surface area contributed by atoms with Gasteiger partial charge in [-0.15, -0.1) is 0 Å². The third-order valence-corrected chi connectivity index (χ3v) is 2.72. The van der Waals surface area contributed by atoms with E-state index in [1.54, 1.807) is 0 Å². The van der Waals surface area contributed by atoms with Crippen LogP contribution in [0.2, 0.25) is 0 Å². The molecule has 3 heteroatoms. The molecular weight excluding hydrogens is 174 g/mol. The summed E-state index contributed by atoms with van der Waals surface area (Å²) in [6.45, 7) is 6.21. The SMILES string of the molecule is CCC(CC)Cn1cc(CCN)cn1. The molecule has 0 amide bonds. The first-order valence-corrected chi connectivity index (χ1v) is 5.51. The van der Waals surface area contributed by atoms with Crippen LogP contribution in [0.4, 0.5) is 0 Å². The van der Waals surface area contributed by atoms with E-state index in [2.05, 4.69) is 25.1 Å². The van der Waals surface area contributed by atoms with Gasteiger partial charge in [-0.2, -0.15) is 5.10 Å². The van der Waals surface area contributed by atoms with Crippen molar-refractivity contribution in [2.24, 2.45) is 11.7 Å². The van der Waals surface area contributed by atoms with Crippen LogP contribution < -0.4 is 5.73 Å². The van der Waals surface area contributed by atoms with E-state index in [1.165, 1.54) is 18.4 Å². The van der Waals surface area contributed by atoms with E-state index < -0.39 is 0 Å². The van der Waals surface area contributed by atoms with Crippen molar-refractivity contribution in [3.8, 4) is 0 Å². The van der Waals surface area contributed by atoms with E-state index in [1.807, 2.05) is 10.9 Å². The van der Waals surface area contributed by atoms with Gasteiger partial charge in [0.15, 0.2) is 0 Å². The molecule has 0 aliphatic heterocycles. The largest absolute Gasteiger partial charge is 0.330 e. The first kappa shape index (κ1) is 11.2. The lowest BCUT2D eigenvalue weighted by Gasteiger charge is -2.11. The lowest BCUT2D eigenvalue weighted by molar-refractivity contribution is 0.396. The number of rotatable bonds is 6. The Morgan fingerprint density at radius 2 is 2.14 bits per heavy atom. The van der Waals surface area contributed by atoms with Crippen LogP contribution in [-0.4, -0.2) is 16.3 Å². The minimum absolute atomic E-state index is 0.705. The zero-order valence-electron chi connectivity index (χ0n) is 9.24. The van der Waals surface area contributed by atoms with Crippen molar-refractivity contribution >= 4 is 0 Å². The van der Waals surface area contributed by atoms with Gasteiger partial charge in [0, 0.05) is 12.7 Å². The van der Waals surface area contributed by atoms with E-state index in [0.29, 0.717) is 6.54 Å².